The Morgan fingerprint density at radius 1 is 1.09 bits per heavy atom. The van der Waals surface area contributed by atoms with Crippen molar-refractivity contribution in [3.8, 4) is 5.75 Å². The molecule has 0 heterocycles. The van der Waals surface area contributed by atoms with Crippen LogP contribution in [-0.2, 0) is 15.0 Å². The largest absolute Gasteiger partial charge is 0.481 e. The number of hydrogen-bond acceptors (Lipinski definition) is 3. The molecule has 122 valence electrons. The van der Waals surface area contributed by atoms with E-state index in [-0.39, 0.29) is 12.4 Å². The van der Waals surface area contributed by atoms with Gasteiger partial charge in [-0.15, -0.1) is 0 Å². The Kier molecular flexibility index (Phi) is 5.06. The number of benzene rings is 1. The monoisotopic (exact) mass is 306 g/mol. The van der Waals surface area contributed by atoms with Crippen molar-refractivity contribution in [2.24, 2.45) is 5.41 Å². The average molecular weight is 306 g/mol. The van der Waals surface area contributed by atoms with E-state index in [0.717, 1.165) is 16.7 Å². The molecule has 0 aliphatic carbocycles. The van der Waals surface area contributed by atoms with Crippen LogP contribution in [0.2, 0.25) is 0 Å². The van der Waals surface area contributed by atoms with Gasteiger partial charge in [0, 0.05) is 11.0 Å². The van der Waals surface area contributed by atoms with Crippen molar-refractivity contribution in [1.82, 2.24) is 0 Å². The van der Waals surface area contributed by atoms with E-state index in [2.05, 4.69) is 0 Å². The lowest BCUT2D eigenvalue weighted by Crippen LogP contribution is -2.29. The highest BCUT2D eigenvalue weighted by Crippen LogP contribution is 2.38. The van der Waals surface area contributed by atoms with Gasteiger partial charge in [-0.05, 0) is 51.8 Å². The van der Waals surface area contributed by atoms with Gasteiger partial charge in [0.05, 0.1) is 11.8 Å². The molecule has 0 radical (unpaired) electrons. The van der Waals surface area contributed by atoms with Crippen LogP contribution >= 0.6 is 0 Å². The van der Waals surface area contributed by atoms with Gasteiger partial charge in [0.1, 0.15) is 5.75 Å². The molecule has 1 aromatic rings. The first-order valence-electron chi connectivity index (χ1n) is 7.40. The zero-order chi connectivity index (χ0) is 17.3. The van der Waals surface area contributed by atoms with E-state index in [1.54, 1.807) is 26.8 Å². The Bertz CT molecular complexity index is 592. The van der Waals surface area contributed by atoms with Gasteiger partial charge in [-0.25, -0.2) is 0 Å². The predicted molar refractivity (Wildman–Crippen MR) is 86.3 cm³/mol. The minimum atomic E-state index is -0.877. The van der Waals surface area contributed by atoms with Crippen LogP contribution in [0.5, 0.6) is 5.75 Å². The van der Waals surface area contributed by atoms with E-state index in [4.69, 9.17) is 9.84 Å². The molecular weight excluding hydrogens is 280 g/mol. The lowest BCUT2D eigenvalue weighted by Gasteiger charge is -2.29. The van der Waals surface area contributed by atoms with Gasteiger partial charge < -0.3 is 9.84 Å². The third-order valence-electron chi connectivity index (χ3n) is 3.53. The molecule has 0 atom stereocenters. The summed E-state index contributed by atoms with van der Waals surface area (Å²) in [5.41, 5.74) is 1.44. The maximum absolute atomic E-state index is 12.2. The topological polar surface area (TPSA) is 63.6 Å². The summed E-state index contributed by atoms with van der Waals surface area (Å²) in [6.45, 7) is 12.9. The molecule has 0 amide bonds. The fourth-order valence-electron chi connectivity index (χ4n) is 2.60. The second-order valence-electron chi connectivity index (χ2n) is 7.55. The molecule has 0 fully saturated rings. The molecule has 0 aliphatic rings. The number of rotatable bonds is 4. The SMILES string of the molecule is Cc1cc(C)c(C(C)(C)CC(=O)O)c(OC(=O)C(C)(C)C)c1. The number of carboxylic acid groups (broad SMARTS) is 1. The van der Waals surface area contributed by atoms with Crippen LogP contribution in [-0.4, -0.2) is 17.0 Å². The Morgan fingerprint density at radius 3 is 2.09 bits per heavy atom. The first-order chi connectivity index (χ1) is 9.84. The summed E-state index contributed by atoms with van der Waals surface area (Å²) in [7, 11) is 0. The van der Waals surface area contributed by atoms with Crippen LogP contribution in [0.3, 0.4) is 0 Å². The normalized spacial score (nSPS) is 12.1. The Labute approximate surface area is 132 Å². The van der Waals surface area contributed by atoms with Crippen LogP contribution in [0.15, 0.2) is 12.1 Å². The summed E-state index contributed by atoms with van der Waals surface area (Å²) in [6, 6.07) is 3.78. The van der Waals surface area contributed by atoms with Gasteiger partial charge in [-0.1, -0.05) is 19.9 Å². The van der Waals surface area contributed by atoms with Crippen LogP contribution in [0.1, 0.15) is 57.7 Å². The molecule has 0 aliphatic heterocycles. The van der Waals surface area contributed by atoms with E-state index in [9.17, 15) is 9.59 Å². The summed E-state index contributed by atoms with van der Waals surface area (Å²) < 4.78 is 5.61. The molecule has 4 heteroatoms. The molecule has 1 N–H and O–H groups in total. The third-order valence-corrected chi connectivity index (χ3v) is 3.53. The molecule has 0 bridgehead atoms. The average Bonchev–Trinajstić information content (AvgIpc) is 2.23. The number of carboxylic acids is 1. The molecule has 0 saturated heterocycles. The lowest BCUT2D eigenvalue weighted by molar-refractivity contribution is -0.143. The molecule has 0 saturated carbocycles. The third kappa shape index (κ3) is 4.33. The lowest BCUT2D eigenvalue weighted by atomic mass is 9.78. The van der Waals surface area contributed by atoms with E-state index < -0.39 is 16.8 Å². The zero-order valence-electron chi connectivity index (χ0n) is 14.5. The quantitative estimate of drug-likeness (QED) is 0.674. The van der Waals surface area contributed by atoms with E-state index >= 15 is 0 Å². The number of esters is 1. The van der Waals surface area contributed by atoms with Crippen molar-refractivity contribution in [2.75, 3.05) is 0 Å². The number of carbonyl (C=O) groups excluding carboxylic acids is 1. The number of aliphatic carboxylic acids is 1. The van der Waals surface area contributed by atoms with E-state index in [1.165, 1.54) is 0 Å². The maximum atomic E-state index is 12.2. The maximum Gasteiger partial charge on any atom is 0.316 e. The Balaban J connectivity index is 3.38. The number of hydrogen-bond donors (Lipinski definition) is 1. The van der Waals surface area contributed by atoms with Gasteiger partial charge in [-0.2, -0.15) is 0 Å². The first-order valence-corrected chi connectivity index (χ1v) is 7.40. The molecule has 0 aromatic heterocycles. The van der Waals surface area contributed by atoms with Crippen LogP contribution < -0.4 is 4.74 Å². The number of aryl methyl sites for hydroxylation is 2. The predicted octanol–water partition coefficient (Wildman–Crippen LogP) is 4.01. The van der Waals surface area contributed by atoms with Crippen molar-refractivity contribution in [2.45, 2.75) is 60.3 Å². The van der Waals surface area contributed by atoms with Gasteiger partial charge in [0.25, 0.3) is 0 Å². The fourth-order valence-corrected chi connectivity index (χ4v) is 2.60. The van der Waals surface area contributed by atoms with Gasteiger partial charge in [0.15, 0.2) is 0 Å². The molecule has 1 rings (SSSR count). The van der Waals surface area contributed by atoms with E-state index in [1.807, 2.05) is 33.8 Å². The zero-order valence-corrected chi connectivity index (χ0v) is 14.5. The molecule has 0 unspecified atom stereocenters. The molecule has 22 heavy (non-hydrogen) atoms. The summed E-state index contributed by atoms with van der Waals surface area (Å²) in [6.07, 6.45) is -0.0308. The highest BCUT2D eigenvalue weighted by atomic mass is 16.5. The van der Waals surface area contributed by atoms with Crippen molar-refractivity contribution in [3.63, 3.8) is 0 Å². The summed E-state index contributed by atoms with van der Waals surface area (Å²) in [4.78, 5) is 23.4. The standard InChI is InChI=1S/C18H26O4/c1-11-8-12(2)15(18(6,7)10-14(19)20)13(9-11)22-16(21)17(3,4)5/h8-9H,10H2,1-7H3,(H,19,20). The van der Waals surface area contributed by atoms with E-state index in [0.29, 0.717) is 5.75 Å². The minimum Gasteiger partial charge on any atom is -0.481 e. The molecule has 0 spiro atoms. The highest BCUT2D eigenvalue weighted by Gasteiger charge is 2.32. The smallest absolute Gasteiger partial charge is 0.316 e. The summed E-state index contributed by atoms with van der Waals surface area (Å²) in [5.74, 6) is -0.744. The van der Waals surface area contributed by atoms with Crippen LogP contribution in [0, 0.1) is 19.3 Å². The summed E-state index contributed by atoms with van der Waals surface area (Å²) >= 11 is 0. The van der Waals surface area contributed by atoms with Crippen molar-refractivity contribution >= 4 is 11.9 Å². The molecule has 1 aromatic carbocycles. The Hall–Kier alpha value is -1.84. The van der Waals surface area contributed by atoms with Gasteiger partial charge in [-0.3, -0.25) is 9.59 Å². The Morgan fingerprint density at radius 2 is 1.64 bits per heavy atom. The minimum absolute atomic E-state index is 0.0308. The summed E-state index contributed by atoms with van der Waals surface area (Å²) in [5, 5.41) is 9.15. The van der Waals surface area contributed by atoms with Gasteiger partial charge in [0.2, 0.25) is 0 Å². The molecular formula is C18H26O4. The highest BCUT2D eigenvalue weighted by molar-refractivity contribution is 5.79. The second kappa shape index (κ2) is 6.11. The fraction of sp³-hybridized carbons (Fsp3) is 0.556. The van der Waals surface area contributed by atoms with Crippen molar-refractivity contribution < 1.29 is 19.4 Å². The van der Waals surface area contributed by atoms with Crippen LogP contribution in [0.25, 0.3) is 0 Å². The van der Waals surface area contributed by atoms with Crippen molar-refractivity contribution in [1.29, 1.82) is 0 Å². The number of ether oxygens (including phenoxy) is 1. The second-order valence-corrected chi connectivity index (χ2v) is 7.55. The van der Waals surface area contributed by atoms with Gasteiger partial charge >= 0.3 is 11.9 Å². The first kappa shape index (κ1) is 18.2. The van der Waals surface area contributed by atoms with Crippen LogP contribution in [0.4, 0.5) is 0 Å². The van der Waals surface area contributed by atoms with Crippen molar-refractivity contribution in [3.05, 3.63) is 28.8 Å². The molecule has 4 nitrogen and oxygen atoms in total. The number of carbonyl (C=O) groups is 2.